The van der Waals surface area contributed by atoms with Gasteiger partial charge in [-0.05, 0) is 12.8 Å². The van der Waals surface area contributed by atoms with Crippen molar-refractivity contribution in [2.45, 2.75) is 43.6 Å². The summed E-state index contributed by atoms with van der Waals surface area (Å²) in [5, 5.41) is 2.35. The van der Waals surface area contributed by atoms with E-state index in [0.717, 1.165) is 41.6 Å². The zero-order valence-electron chi connectivity index (χ0n) is 10.8. The Labute approximate surface area is 116 Å². The molecule has 5 heteroatoms. The molecule has 0 spiro atoms. The van der Waals surface area contributed by atoms with E-state index in [9.17, 15) is 4.79 Å². The van der Waals surface area contributed by atoms with Crippen LogP contribution < -0.4 is 4.90 Å². The summed E-state index contributed by atoms with van der Waals surface area (Å²) in [6.07, 6.45) is 2.65. The summed E-state index contributed by atoms with van der Waals surface area (Å²) in [5.74, 6) is 0.299. The Morgan fingerprint density at radius 3 is 2.61 bits per heavy atom. The third-order valence-electron chi connectivity index (χ3n) is 3.45. The minimum atomic E-state index is 0.299. The zero-order chi connectivity index (χ0) is 12.7. The summed E-state index contributed by atoms with van der Waals surface area (Å²) in [7, 11) is 0. The summed E-state index contributed by atoms with van der Waals surface area (Å²) >= 11 is 3.65. The van der Waals surface area contributed by atoms with E-state index < -0.39 is 0 Å². The summed E-state index contributed by atoms with van der Waals surface area (Å²) in [6, 6.07) is 0. The van der Waals surface area contributed by atoms with E-state index in [1.54, 1.807) is 11.3 Å². The van der Waals surface area contributed by atoms with E-state index in [-0.39, 0.29) is 0 Å². The third kappa shape index (κ3) is 2.30. The van der Waals surface area contributed by atoms with Gasteiger partial charge in [0.15, 0.2) is 10.9 Å². The first-order valence-corrected chi connectivity index (χ1v) is 8.32. The lowest BCUT2D eigenvalue weighted by Gasteiger charge is -2.34. The van der Waals surface area contributed by atoms with Crippen LogP contribution in [0.4, 0.5) is 5.13 Å². The molecule has 3 rings (SSSR count). The lowest BCUT2D eigenvalue weighted by Crippen LogP contribution is -2.40. The van der Waals surface area contributed by atoms with Gasteiger partial charge in [0.05, 0.1) is 10.6 Å². The maximum absolute atomic E-state index is 11.9. The molecule has 18 heavy (non-hydrogen) atoms. The number of aromatic nitrogens is 1. The minimum Gasteiger partial charge on any atom is -0.346 e. The van der Waals surface area contributed by atoms with Gasteiger partial charge in [-0.15, -0.1) is 0 Å². The molecule has 2 heterocycles. The van der Waals surface area contributed by atoms with E-state index in [2.05, 4.69) is 18.7 Å². The van der Waals surface area contributed by atoms with Crippen molar-refractivity contribution >= 4 is 34.0 Å². The van der Waals surface area contributed by atoms with Crippen LogP contribution in [0.5, 0.6) is 0 Å². The van der Waals surface area contributed by atoms with Crippen LogP contribution in [0.3, 0.4) is 0 Å². The maximum Gasteiger partial charge on any atom is 0.186 e. The molecule has 0 N–H and O–H groups in total. The van der Waals surface area contributed by atoms with Crippen LogP contribution in [0.15, 0.2) is 0 Å². The Bertz CT molecular complexity index is 462. The van der Waals surface area contributed by atoms with Crippen LogP contribution in [0.25, 0.3) is 0 Å². The highest BCUT2D eigenvalue weighted by molar-refractivity contribution is 8.00. The molecule has 1 aliphatic carbocycles. The van der Waals surface area contributed by atoms with Gasteiger partial charge in [0.2, 0.25) is 0 Å². The van der Waals surface area contributed by atoms with Gasteiger partial charge in [0.1, 0.15) is 0 Å². The SMILES string of the molecule is CC1CN(c2nc3c(s2)C(=O)CCC3)CC(C)S1. The van der Waals surface area contributed by atoms with Crippen molar-refractivity contribution in [2.75, 3.05) is 18.0 Å². The summed E-state index contributed by atoms with van der Waals surface area (Å²) in [5.41, 5.74) is 1.05. The van der Waals surface area contributed by atoms with Gasteiger partial charge in [-0.3, -0.25) is 4.79 Å². The fourth-order valence-electron chi connectivity index (χ4n) is 2.73. The summed E-state index contributed by atoms with van der Waals surface area (Å²) < 4.78 is 0. The quantitative estimate of drug-likeness (QED) is 0.793. The molecule has 3 nitrogen and oxygen atoms in total. The fraction of sp³-hybridized carbons (Fsp3) is 0.692. The highest BCUT2D eigenvalue weighted by Gasteiger charge is 2.28. The van der Waals surface area contributed by atoms with E-state index in [1.165, 1.54) is 0 Å². The number of thiazole rings is 1. The normalized spacial score (nSPS) is 28.3. The molecule has 0 amide bonds. The molecule has 2 aliphatic rings. The number of rotatable bonds is 1. The fourth-order valence-corrected chi connectivity index (χ4v) is 5.15. The first-order chi connectivity index (χ1) is 8.63. The van der Waals surface area contributed by atoms with Crippen LogP contribution in [-0.2, 0) is 6.42 Å². The maximum atomic E-state index is 11.9. The molecule has 2 unspecified atom stereocenters. The standard InChI is InChI=1S/C13H18N2OS2/c1-8-6-15(7-9(2)17-8)13-14-10-4-3-5-11(16)12(10)18-13/h8-9H,3-7H2,1-2H3. The number of hydrogen-bond acceptors (Lipinski definition) is 5. The molecule has 2 atom stereocenters. The molecule has 0 radical (unpaired) electrons. The lowest BCUT2D eigenvalue weighted by atomic mass is 10.0. The van der Waals surface area contributed by atoms with Crippen molar-refractivity contribution in [1.29, 1.82) is 0 Å². The first kappa shape index (κ1) is 12.5. The van der Waals surface area contributed by atoms with Gasteiger partial charge >= 0.3 is 0 Å². The largest absolute Gasteiger partial charge is 0.346 e. The molecular formula is C13H18N2OS2. The van der Waals surface area contributed by atoms with Crippen LogP contribution in [-0.4, -0.2) is 34.4 Å². The van der Waals surface area contributed by atoms with Crippen molar-refractivity contribution in [1.82, 2.24) is 4.98 Å². The Hall–Kier alpha value is -0.550. The Morgan fingerprint density at radius 1 is 1.22 bits per heavy atom. The predicted octanol–water partition coefficient (Wildman–Crippen LogP) is 2.99. The monoisotopic (exact) mass is 282 g/mol. The average molecular weight is 282 g/mol. The van der Waals surface area contributed by atoms with Gasteiger partial charge in [-0.2, -0.15) is 11.8 Å². The van der Waals surface area contributed by atoms with E-state index >= 15 is 0 Å². The number of hydrogen-bond donors (Lipinski definition) is 0. The number of Topliss-reactive ketones (excluding diaryl/α,β-unsaturated/α-hetero) is 1. The molecule has 0 saturated carbocycles. The van der Waals surface area contributed by atoms with Crippen LogP contribution in [0.1, 0.15) is 42.1 Å². The topological polar surface area (TPSA) is 33.2 Å². The van der Waals surface area contributed by atoms with Gasteiger partial charge in [0.25, 0.3) is 0 Å². The molecule has 0 aromatic carbocycles. The summed E-state index contributed by atoms with van der Waals surface area (Å²) in [6.45, 7) is 6.64. The van der Waals surface area contributed by atoms with Gasteiger partial charge in [-0.1, -0.05) is 25.2 Å². The number of carbonyl (C=O) groups is 1. The number of carbonyl (C=O) groups excluding carboxylic acids is 1. The molecule has 0 bridgehead atoms. The van der Waals surface area contributed by atoms with E-state index in [0.29, 0.717) is 22.7 Å². The second-order valence-electron chi connectivity index (χ2n) is 5.21. The lowest BCUT2D eigenvalue weighted by molar-refractivity contribution is 0.0976. The first-order valence-electron chi connectivity index (χ1n) is 6.57. The van der Waals surface area contributed by atoms with Crippen molar-refractivity contribution in [3.8, 4) is 0 Å². The molecule has 1 saturated heterocycles. The zero-order valence-corrected chi connectivity index (χ0v) is 12.4. The number of fused-ring (bicyclic) bond motifs is 1. The van der Waals surface area contributed by atoms with Crippen LogP contribution in [0.2, 0.25) is 0 Å². The van der Waals surface area contributed by atoms with Crippen molar-refractivity contribution < 1.29 is 4.79 Å². The highest BCUT2D eigenvalue weighted by Crippen LogP contribution is 2.35. The third-order valence-corrected chi connectivity index (χ3v) is 5.87. The molecule has 1 fully saturated rings. The molecular weight excluding hydrogens is 264 g/mol. The number of aryl methyl sites for hydroxylation is 1. The van der Waals surface area contributed by atoms with Gasteiger partial charge in [0, 0.05) is 30.0 Å². The van der Waals surface area contributed by atoms with E-state index in [1.807, 2.05) is 11.8 Å². The van der Waals surface area contributed by atoms with Crippen LogP contribution in [0, 0.1) is 0 Å². The average Bonchev–Trinajstić information content (AvgIpc) is 2.73. The van der Waals surface area contributed by atoms with Crippen molar-refractivity contribution in [3.05, 3.63) is 10.6 Å². The van der Waals surface area contributed by atoms with Crippen molar-refractivity contribution in [3.63, 3.8) is 0 Å². The van der Waals surface area contributed by atoms with Gasteiger partial charge < -0.3 is 4.90 Å². The predicted molar refractivity (Wildman–Crippen MR) is 78.1 cm³/mol. The molecule has 1 aromatic rings. The molecule has 1 aromatic heterocycles. The Morgan fingerprint density at radius 2 is 1.94 bits per heavy atom. The Balaban J connectivity index is 1.86. The van der Waals surface area contributed by atoms with Gasteiger partial charge in [-0.25, -0.2) is 4.98 Å². The van der Waals surface area contributed by atoms with E-state index in [4.69, 9.17) is 4.98 Å². The molecule has 1 aliphatic heterocycles. The molecule has 98 valence electrons. The number of ketones is 1. The second kappa shape index (κ2) is 4.85. The second-order valence-corrected chi connectivity index (χ2v) is 8.07. The summed E-state index contributed by atoms with van der Waals surface area (Å²) in [4.78, 5) is 19.9. The minimum absolute atomic E-state index is 0.299. The number of thioether (sulfide) groups is 1. The number of nitrogens with zero attached hydrogens (tertiary/aromatic N) is 2. The van der Waals surface area contributed by atoms with Crippen molar-refractivity contribution in [2.24, 2.45) is 0 Å². The smallest absolute Gasteiger partial charge is 0.186 e. The Kier molecular flexibility index (Phi) is 3.36. The highest BCUT2D eigenvalue weighted by atomic mass is 32.2. The van der Waals surface area contributed by atoms with Crippen LogP contribution >= 0.6 is 23.1 Å². The number of anilines is 1.